The summed E-state index contributed by atoms with van der Waals surface area (Å²) >= 11 is 3.24. The molecule has 1 aromatic carbocycles. The molecular formula is C12H16BrNO3S. The van der Waals surface area contributed by atoms with Crippen LogP contribution in [0.15, 0.2) is 27.6 Å². The fourth-order valence-electron chi connectivity index (χ4n) is 1.97. The van der Waals surface area contributed by atoms with E-state index in [4.69, 9.17) is 5.11 Å². The van der Waals surface area contributed by atoms with Crippen LogP contribution in [-0.2, 0) is 16.6 Å². The second-order valence-corrected chi connectivity index (χ2v) is 7.09. The lowest BCUT2D eigenvalue weighted by Crippen LogP contribution is -2.27. The van der Waals surface area contributed by atoms with Crippen LogP contribution in [0.1, 0.15) is 25.3 Å². The van der Waals surface area contributed by atoms with Crippen molar-refractivity contribution in [2.45, 2.75) is 37.3 Å². The van der Waals surface area contributed by atoms with Gasteiger partial charge in [-0.3, -0.25) is 0 Å². The summed E-state index contributed by atoms with van der Waals surface area (Å²) in [6, 6.07) is 4.83. The van der Waals surface area contributed by atoms with E-state index in [-0.39, 0.29) is 17.5 Å². The molecule has 1 fully saturated rings. The molecule has 1 aromatic rings. The van der Waals surface area contributed by atoms with E-state index >= 15 is 0 Å². The lowest BCUT2D eigenvalue weighted by Gasteiger charge is -2.09. The van der Waals surface area contributed by atoms with E-state index in [2.05, 4.69) is 27.6 Å². The van der Waals surface area contributed by atoms with Crippen molar-refractivity contribution >= 4 is 26.0 Å². The third kappa shape index (κ3) is 2.93. The highest BCUT2D eigenvalue weighted by atomic mass is 79.9. The molecule has 0 saturated heterocycles. The number of hydrogen-bond acceptors (Lipinski definition) is 3. The summed E-state index contributed by atoms with van der Waals surface area (Å²) in [5.74, 6) is 0.468. The molecule has 100 valence electrons. The molecular weight excluding hydrogens is 318 g/mol. The van der Waals surface area contributed by atoms with Crippen molar-refractivity contribution < 1.29 is 13.5 Å². The SMILES string of the molecule is CCC1CC1NS(=O)(=O)c1ccc(CO)cc1Br. The van der Waals surface area contributed by atoms with Crippen LogP contribution in [0.25, 0.3) is 0 Å². The molecule has 18 heavy (non-hydrogen) atoms. The standard InChI is InChI=1S/C12H16BrNO3S/c1-2-9-6-11(9)14-18(16,17)12-4-3-8(7-15)5-10(12)13/h3-5,9,11,14-15H,2,6-7H2,1H3. The minimum absolute atomic E-state index is 0.0735. The average molecular weight is 334 g/mol. The van der Waals surface area contributed by atoms with Gasteiger partial charge in [0.2, 0.25) is 10.0 Å². The Labute approximate surface area is 116 Å². The normalized spacial score (nSPS) is 23.1. The summed E-state index contributed by atoms with van der Waals surface area (Å²) in [4.78, 5) is 0.224. The summed E-state index contributed by atoms with van der Waals surface area (Å²) in [5, 5.41) is 8.99. The third-order valence-corrected chi connectivity index (χ3v) is 5.69. The van der Waals surface area contributed by atoms with E-state index in [1.165, 1.54) is 6.07 Å². The third-order valence-electron chi connectivity index (χ3n) is 3.22. The van der Waals surface area contributed by atoms with E-state index in [1.54, 1.807) is 12.1 Å². The molecule has 0 spiro atoms. The van der Waals surface area contributed by atoms with Crippen molar-refractivity contribution in [2.24, 2.45) is 5.92 Å². The van der Waals surface area contributed by atoms with Crippen LogP contribution in [-0.4, -0.2) is 19.6 Å². The topological polar surface area (TPSA) is 66.4 Å². The number of halogens is 1. The first-order valence-electron chi connectivity index (χ1n) is 5.89. The van der Waals surface area contributed by atoms with E-state index < -0.39 is 10.0 Å². The van der Waals surface area contributed by atoms with Crippen molar-refractivity contribution in [1.82, 2.24) is 4.72 Å². The van der Waals surface area contributed by atoms with Gasteiger partial charge in [0.05, 0.1) is 11.5 Å². The highest BCUT2D eigenvalue weighted by Gasteiger charge is 2.38. The summed E-state index contributed by atoms with van der Waals surface area (Å²) in [6.07, 6.45) is 1.92. The lowest BCUT2D eigenvalue weighted by molar-refractivity contribution is 0.281. The maximum absolute atomic E-state index is 12.2. The van der Waals surface area contributed by atoms with E-state index in [1.807, 2.05) is 0 Å². The smallest absolute Gasteiger partial charge is 0.241 e. The van der Waals surface area contributed by atoms with Crippen molar-refractivity contribution in [3.05, 3.63) is 28.2 Å². The number of rotatable bonds is 5. The van der Waals surface area contributed by atoms with Gasteiger partial charge in [-0.05, 0) is 46.0 Å². The van der Waals surface area contributed by atoms with Crippen LogP contribution in [0, 0.1) is 5.92 Å². The molecule has 0 heterocycles. The number of benzene rings is 1. The summed E-state index contributed by atoms with van der Waals surface area (Å²) in [5.41, 5.74) is 0.679. The Balaban J connectivity index is 2.19. The highest BCUT2D eigenvalue weighted by molar-refractivity contribution is 9.10. The van der Waals surface area contributed by atoms with Gasteiger partial charge in [0.15, 0.2) is 0 Å². The van der Waals surface area contributed by atoms with Crippen molar-refractivity contribution in [3.63, 3.8) is 0 Å². The largest absolute Gasteiger partial charge is 0.392 e. The van der Waals surface area contributed by atoms with Gasteiger partial charge >= 0.3 is 0 Å². The molecule has 1 aliphatic carbocycles. The van der Waals surface area contributed by atoms with Crippen molar-refractivity contribution in [1.29, 1.82) is 0 Å². The average Bonchev–Trinajstić information content (AvgIpc) is 3.06. The fourth-order valence-corrected chi connectivity index (χ4v) is 4.41. The minimum atomic E-state index is -3.47. The van der Waals surface area contributed by atoms with E-state index in [0.29, 0.717) is 16.0 Å². The molecule has 2 unspecified atom stereocenters. The Morgan fingerprint density at radius 2 is 2.22 bits per heavy atom. The number of sulfonamides is 1. The van der Waals surface area contributed by atoms with Crippen LogP contribution in [0.2, 0.25) is 0 Å². The van der Waals surface area contributed by atoms with Crippen molar-refractivity contribution in [2.75, 3.05) is 0 Å². The van der Waals surface area contributed by atoms with Gasteiger partial charge < -0.3 is 5.11 Å². The molecule has 1 aliphatic rings. The Morgan fingerprint density at radius 3 is 2.72 bits per heavy atom. The Kier molecular flexibility index (Phi) is 4.11. The minimum Gasteiger partial charge on any atom is -0.392 e. The zero-order valence-electron chi connectivity index (χ0n) is 10.1. The second kappa shape index (κ2) is 5.28. The zero-order chi connectivity index (χ0) is 13.3. The van der Waals surface area contributed by atoms with Gasteiger partial charge in [0.25, 0.3) is 0 Å². The van der Waals surface area contributed by atoms with Crippen LogP contribution in [0.5, 0.6) is 0 Å². The zero-order valence-corrected chi connectivity index (χ0v) is 12.5. The predicted octanol–water partition coefficient (Wildman–Crippen LogP) is 2.02. The van der Waals surface area contributed by atoms with Gasteiger partial charge in [-0.25, -0.2) is 13.1 Å². The first kappa shape index (κ1) is 14.0. The lowest BCUT2D eigenvalue weighted by atomic mass is 10.2. The monoisotopic (exact) mass is 333 g/mol. The number of aliphatic hydroxyl groups is 1. The molecule has 6 heteroatoms. The first-order valence-corrected chi connectivity index (χ1v) is 8.17. The number of nitrogens with one attached hydrogen (secondary N) is 1. The molecule has 0 aliphatic heterocycles. The highest BCUT2D eigenvalue weighted by Crippen LogP contribution is 2.35. The molecule has 0 bridgehead atoms. The Bertz CT molecular complexity index is 544. The van der Waals surface area contributed by atoms with Crippen LogP contribution in [0.4, 0.5) is 0 Å². The molecule has 2 rings (SSSR count). The maximum atomic E-state index is 12.2. The second-order valence-electron chi connectivity index (χ2n) is 4.55. The maximum Gasteiger partial charge on any atom is 0.241 e. The van der Waals surface area contributed by atoms with Crippen LogP contribution >= 0.6 is 15.9 Å². The van der Waals surface area contributed by atoms with E-state index in [0.717, 1.165) is 12.8 Å². The molecule has 0 amide bonds. The molecule has 2 N–H and O–H groups in total. The quantitative estimate of drug-likeness (QED) is 0.866. The number of aliphatic hydroxyl groups excluding tert-OH is 1. The van der Waals surface area contributed by atoms with Gasteiger partial charge in [-0.1, -0.05) is 19.4 Å². The van der Waals surface area contributed by atoms with Gasteiger partial charge in [0, 0.05) is 10.5 Å². The molecule has 4 nitrogen and oxygen atoms in total. The first-order chi connectivity index (χ1) is 8.47. The van der Waals surface area contributed by atoms with Gasteiger partial charge in [-0.15, -0.1) is 0 Å². The summed E-state index contributed by atoms with van der Waals surface area (Å²) < 4.78 is 27.5. The van der Waals surface area contributed by atoms with Gasteiger partial charge in [-0.2, -0.15) is 0 Å². The molecule has 1 saturated carbocycles. The summed E-state index contributed by atoms with van der Waals surface area (Å²) in [6.45, 7) is 1.96. The summed E-state index contributed by atoms with van der Waals surface area (Å²) in [7, 11) is -3.47. The fraction of sp³-hybridized carbons (Fsp3) is 0.500. The number of hydrogen-bond donors (Lipinski definition) is 2. The molecule has 0 radical (unpaired) electrons. The molecule has 2 atom stereocenters. The van der Waals surface area contributed by atoms with Gasteiger partial charge in [0.1, 0.15) is 0 Å². The Morgan fingerprint density at radius 1 is 1.50 bits per heavy atom. The van der Waals surface area contributed by atoms with Crippen molar-refractivity contribution in [3.8, 4) is 0 Å². The van der Waals surface area contributed by atoms with E-state index in [9.17, 15) is 8.42 Å². The molecule has 0 aromatic heterocycles. The Hall–Kier alpha value is -0.430. The van der Waals surface area contributed by atoms with Crippen LogP contribution < -0.4 is 4.72 Å². The van der Waals surface area contributed by atoms with Crippen LogP contribution in [0.3, 0.4) is 0 Å². The predicted molar refractivity (Wildman–Crippen MR) is 72.6 cm³/mol.